The first-order valence-electron chi connectivity index (χ1n) is 5.98. The van der Waals surface area contributed by atoms with E-state index >= 15 is 0 Å². The van der Waals surface area contributed by atoms with E-state index in [1.807, 2.05) is 18.2 Å². The summed E-state index contributed by atoms with van der Waals surface area (Å²) in [6.07, 6.45) is 2.21. The molecular weight excluding hydrogens is 259 g/mol. The maximum absolute atomic E-state index is 12.8. The van der Waals surface area contributed by atoms with E-state index in [2.05, 4.69) is 6.07 Å². The van der Waals surface area contributed by atoms with Gasteiger partial charge in [-0.2, -0.15) is 0 Å². The Morgan fingerprint density at radius 2 is 1.74 bits per heavy atom. The second-order valence-corrected chi connectivity index (χ2v) is 5.54. The molecule has 2 aromatic rings. The predicted octanol–water partition coefficient (Wildman–Crippen LogP) is 4.33. The van der Waals surface area contributed by atoms with Crippen LogP contribution in [-0.2, 0) is 4.79 Å². The summed E-state index contributed by atoms with van der Waals surface area (Å²) in [5, 5.41) is 0. The number of carbonyl (C=O) groups is 1. The standard InChI is InChI=1S/C16H11FOS/c17-13-4-6-15(7-5-13)19-16-3-1-2-11(10-16)12-8-14(18)9-12/h1-8,10H,9H2. The Labute approximate surface area is 115 Å². The van der Waals surface area contributed by atoms with Crippen LogP contribution in [0, 0.1) is 5.82 Å². The highest BCUT2D eigenvalue weighted by atomic mass is 32.2. The van der Waals surface area contributed by atoms with Gasteiger partial charge in [-0.1, -0.05) is 23.9 Å². The SMILES string of the molecule is O=C1C=C(c2cccc(Sc3ccc(F)cc3)c2)C1. The van der Waals surface area contributed by atoms with Crippen molar-refractivity contribution in [3.63, 3.8) is 0 Å². The van der Waals surface area contributed by atoms with Gasteiger partial charge in [0.1, 0.15) is 5.82 Å². The quantitative estimate of drug-likeness (QED) is 0.825. The number of carbonyl (C=O) groups excluding carboxylic acids is 1. The van der Waals surface area contributed by atoms with E-state index in [0.717, 1.165) is 20.9 Å². The second-order valence-electron chi connectivity index (χ2n) is 4.40. The highest BCUT2D eigenvalue weighted by molar-refractivity contribution is 7.99. The summed E-state index contributed by atoms with van der Waals surface area (Å²) >= 11 is 1.58. The Balaban J connectivity index is 1.82. The van der Waals surface area contributed by atoms with Gasteiger partial charge in [0.2, 0.25) is 0 Å². The molecule has 0 bridgehead atoms. The zero-order chi connectivity index (χ0) is 13.2. The number of hydrogen-bond donors (Lipinski definition) is 0. The average Bonchev–Trinajstić information content (AvgIpc) is 2.38. The summed E-state index contributed by atoms with van der Waals surface area (Å²) in [4.78, 5) is 13.1. The lowest BCUT2D eigenvalue weighted by Gasteiger charge is -2.14. The monoisotopic (exact) mass is 270 g/mol. The fourth-order valence-corrected chi connectivity index (χ4v) is 2.81. The topological polar surface area (TPSA) is 17.1 Å². The Kier molecular flexibility index (Phi) is 3.22. The van der Waals surface area contributed by atoms with Crippen LogP contribution in [0.3, 0.4) is 0 Å². The fourth-order valence-electron chi connectivity index (χ4n) is 1.94. The largest absolute Gasteiger partial charge is 0.294 e. The molecule has 0 spiro atoms. The van der Waals surface area contributed by atoms with Crippen LogP contribution in [-0.4, -0.2) is 5.78 Å². The van der Waals surface area contributed by atoms with Gasteiger partial charge in [-0.25, -0.2) is 4.39 Å². The van der Waals surface area contributed by atoms with Crippen molar-refractivity contribution in [2.24, 2.45) is 0 Å². The lowest BCUT2D eigenvalue weighted by Crippen LogP contribution is -2.06. The fraction of sp³-hybridized carbons (Fsp3) is 0.0625. The smallest absolute Gasteiger partial charge is 0.160 e. The van der Waals surface area contributed by atoms with Crippen LogP contribution in [0.1, 0.15) is 12.0 Å². The minimum atomic E-state index is -0.226. The molecule has 19 heavy (non-hydrogen) atoms. The van der Waals surface area contributed by atoms with Gasteiger partial charge >= 0.3 is 0 Å². The maximum atomic E-state index is 12.8. The number of ketones is 1. The normalized spacial score (nSPS) is 13.9. The maximum Gasteiger partial charge on any atom is 0.160 e. The summed E-state index contributed by atoms with van der Waals surface area (Å²) in [6.45, 7) is 0. The van der Waals surface area contributed by atoms with Gasteiger partial charge in [-0.3, -0.25) is 4.79 Å². The molecule has 94 valence electrons. The number of benzene rings is 2. The van der Waals surface area contributed by atoms with Gasteiger partial charge in [-0.05, 0) is 53.6 Å². The van der Waals surface area contributed by atoms with E-state index in [-0.39, 0.29) is 11.6 Å². The van der Waals surface area contributed by atoms with Crippen molar-refractivity contribution in [3.05, 3.63) is 66.0 Å². The third-order valence-electron chi connectivity index (χ3n) is 2.95. The molecular formula is C16H11FOS. The molecule has 0 amide bonds. The Hall–Kier alpha value is -1.87. The van der Waals surface area contributed by atoms with Crippen LogP contribution in [0.15, 0.2) is 64.4 Å². The van der Waals surface area contributed by atoms with Gasteiger partial charge in [0.15, 0.2) is 5.78 Å². The Morgan fingerprint density at radius 3 is 2.42 bits per heavy atom. The van der Waals surface area contributed by atoms with Crippen LogP contribution in [0.5, 0.6) is 0 Å². The van der Waals surface area contributed by atoms with Crippen molar-refractivity contribution in [2.75, 3.05) is 0 Å². The van der Waals surface area contributed by atoms with E-state index in [1.54, 1.807) is 30.0 Å². The molecule has 3 heteroatoms. The predicted molar refractivity (Wildman–Crippen MR) is 74.6 cm³/mol. The molecule has 1 aliphatic rings. The molecule has 2 aromatic carbocycles. The molecule has 0 aliphatic heterocycles. The third kappa shape index (κ3) is 2.76. The average molecular weight is 270 g/mol. The van der Waals surface area contributed by atoms with E-state index in [9.17, 15) is 9.18 Å². The van der Waals surface area contributed by atoms with Crippen LogP contribution in [0.4, 0.5) is 4.39 Å². The Morgan fingerprint density at radius 1 is 1.00 bits per heavy atom. The van der Waals surface area contributed by atoms with E-state index < -0.39 is 0 Å². The molecule has 3 rings (SSSR count). The molecule has 1 nitrogen and oxygen atoms in total. The molecule has 0 atom stereocenters. The van der Waals surface area contributed by atoms with Gasteiger partial charge in [0.05, 0.1) is 0 Å². The van der Waals surface area contributed by atoms with Crippen molar-refractivity contribution in [1.29, 1.82) is 0 Å². The van der Waals surface area contributed by atoms with E-state index in [1.165, 1.54) is 12.1 Å². The molecule has 0 radical (unpaired) electrons. The van der Waals surface area contributed by atoms with Crippen LogP contribution in [0.2, 0.25) is 0 Å². The van der Waals surface area contributed by atoms with Gasteiger partial charge < -0.3 is 0 Å². The highest BCUT2D eigenvalue weighted by Gasteiger charge is 2.16. The number of rotatable bonds is 3. The first-order chi connectivity index (χ1) is 9.20. The van der Waals surface area contributed by atoms with Crippen molar-refractivity contribution in [3.8, 4) is 0 Å². The molecule has 0 aromatic heterocycles. The summed E-state index contributed by atoms with van der Waals surface area (Å²) < 4.78 is 12.8. The summed E-state index contributed by atoms with van der Waals surface area (Å²) in [6, 6.07) is 14.5. The zero-order valence-electron chi connectivity index (χ0n) is 10.1. The minimum Gasteiger partial charge on any atom is -0.294 e. The molecule has 0 N–H and O–H groups in total. The van der Waals surface area contributed by atoms with Crippen LogP contribution >= 0.6 is 11.8 Å². The second kappa shape index (κ2) is 5.02. The van der Waals surface area contributed by atoms with E-state index in [4.69, 9.17) is 0 Å². The summed E-state index contributed by atoms with van der Waals surface area (Å²) in [5.74, 6) is -0.0390. The lowest BCUT2D eigenvalue weighted by molar-refractivity contribution is -0.114. The molecule has 0 saturated heterocycles. The van der Waals surface area contributed by atoms with Gasteiger partial charge in [0, 0.05) is 16.2 Å². The molecule has 0 unspecified atom stereocenters. The zero-order valence-corrected chi connectivity index (χ0v) is 10.9. The van der Waals surface area contributed by atoms with Crippen LogP contribution < -0.4 is 0 Å². The molecule has 0 fully saturated rings. The number of allylic oxidation sites excluding steroid dienone is 2. The minimum absolute atomic E-state index is 0.187. The van der Waals surface area contributed by atoms with Crippen molar-refractivity contribution in [2.45, 2.75) is 16.2 Å². The van der Waals surface area contributed by atoms with E-state index in [0.29, 0.717) is 6.42 Å². The van der Waals surface area contributed by atoms with Crippen molar-refractivity contribution < 1.29 is 9.18 Å². The highest BCUT2D eigenvalue weighted by Crippen LogP contribution is 2.32. The lowest BCUT2D eigenvalue weighted by atomic mass is 9.91. The van der Waals surface area contributed by atoms with Gasteiger partial charge in [-0.15, -0.1) is 0 Å². The Bertz CT molecular complexity index is 659. The molecule has 0 saturated carbocycles. The van der Waals surface area contributed by atoms with Gasteiger partial charge in [0.25, 0.3) is 0 Å². The van der Waals surface area contributed by atoms with Crippen molar-refractivity contribution in [1.82, 2.24) is 0 Å². The number of halogens is 1. The summed E-state index contributed by atoms with van der Waals surface area (Å²) in [7, 11) is 0. The summed E-state index contributed by atoms with van der Waals surface area (Å²) in [5.41, 5.74) is 2.18. The van der Waals surface area contributed by atoms with Crippen LogP contribution in [0.25, 0.3) is 5.57 Å². The molecule has 0 heterocycles. The first kappa shape index (κ1) is 12.2. The first-order valence-corrected chi connectivity index (χ1v) is 6.80. The molecule has 1 aliphatic carbocycles. The van der Waals surface area contributed by atoms with Crippen molar-refractivity contribution >= 4 is 23.1 Å². The third-order valence-corrected chi connectivity index (χ3v) is 3.95. The number of hydrogen-bond acceptors (Lipinski definition) is 2.